The van der Waals surface area contributed by atoms with Crippen molar-refractivity contribution in [2.75, 3.05) is 0 Å². The molecular formula is C10H12B2F2O. The summed E-state index contributed by atoms with van der Waals surface area (Å²) >= 11 is 0. The fourth-order valence-corrected chi connectivity index (χ4v) is 1.70. The molecule has 1 aromatic rings. The molecule has 1 fully saturated rings. The highest BCUT2D eigenvalue weighted by molar-refractivity contribution is 6.39. The molecule has 5 heteroatoms. The minimum Gasteiger partial charge on any atom is -0.502 e. The molecule has 2 rings (SSSR count). The summed E-state index contributed by atoms with van der Waals surface area (Å²) in [5.74, 6) is -0.594. The van der Waals surface area contributed by atoms with Crippen LogP contribution in [0.2, 0.25) is 0 Å². The second kappa shape index (κ2) is 3.54. The molecule has 0 heterocycles. The summed E-state index contributed by atoms with van der Waals surface area (Å²) < 4.78 is 31.5. The van der Waals surface area contributed by atoms with Gasteiger partial charge in [-0.25, -0.2) is 8.78 Å². The molecule has 0 aromatic heterocycles. The molecule has 0 N–H and O–H groups in total. The van der Waals surface area contributed by atoms with Crippen LogP contribution in [-0.4, -0.2) is 21.1 Å². The van der Waals surface area contributed by atoms with Gasteiger partial charge in [-0.05, 0) is 30.9 Å². The Morgan fingerprint density at radius 1 is 1.27 bits per heavy atom. The highest BCUT2D eigenvalue weighted by atomic mass is 19.1. The Hall–Kier alpha value is -0.990. The standard InChI is InChI=1S/C10H12B2F2O/c11-10(12,6-1-2-6)15-9-4-3-7(13)5-8(9)14/h3-6H,1-2,11-12H2. The van der Waals surface area contributed by atoms with Crippen LogP contribution in [-0.2, 0) is 0 Å². The summed E-state index contributed by atoms with van der Waals surface area (Å²) in [4.78, 5) is 0. The van der Waals surface area contributed by atoms with E-state index in [1.54, 1.807) is 0 Å². The van der Waals surface area contributed by atoms with Gasteiger partial charge in [-0.15, -0.1) is 0 Å². The zero-order chi connectivity index (χ0) is 11.1. The second-order valence-electron chi connectivity index (χ2n) is 4.55. The van der Waals surface area contributed by atoms with Crippen molar-refractivity contribution in [3.63, 3.8) is 0 Å². The molecule has 1 aromatic carbocycles. The van der Waals surface area contributed by atoms with Gasteiger partial charge in [0.2, 0.25) is 0 Å². The topological polar surface area (TPSA) is 9.23 Å². The lowest BCUT2D eigenvalue weighted by Gasteiger charge is -2.27. The summed E-state index contributed by atoms with van der Waals surface area (Å²) in [5, 5.41) is -0.362. The first kappa shape index (κ1) is 10.5. The Balaban J connectivity index is 2.16. The summed E-state index contributed by atoms with van der Waals surface area (Å²) in [5.41, 5.74) is 0. The molecular weight excluding hydrogens is 196 g/mol. The SMILES string of the molecule is BC(B)(Oc1ccc(F)cc1F)C1CC1. The van der Waals surface area contributed by atoms with Crippen molar-refractivity contribution < 1.29 is 13.5 Å². The lowest BCUT2D eigenvalue weighted by atomic mass is 9.62. The van der Waals surface area contributed by atoms with E-state index in [-0.39, 0.29) is 11.1 Å². The normalized spacial score (nSPS) is 16.4. The number of hydrogen-bond acceptors (Lipinski definition) is 1. The first-order valence-electron chi connectivity index (χ1n) is 5.13. The van der Waals surface area contributed by atoms with Crippen LogP contribution in [0.3, 0.4) is 0 Å². The van der Waals surface area contributed by atoms with Crippen LogP contribution in [0.1, 0.15) is 12.8 Å². The molecule has 0 radical (unpaired) electrons. The lowest BCUT2D eigenvalue weighted by molar-refractivity contribution is 0.206. The van der Waals surface area contributed by atoms with Crippen LogP contribution >= 0.6 is 0 Å². The molecule has 1 aliphatic rings. The molecule has 0 atom stereocenters. The van der Waals surface area contributed by atoms with E-state index in [0.717, 1.165) is 18.9 Å². The van der Waals surface area contributed by atoms with Gasteiger partial charge < -0.3 is 4.74 Å². The third-order valence-corrected chi connectivity index (χ3v) is 2.83. The molecule has 1 saturated carbocycles. The lowest BCUT2D eigenvalue weighted by Crippen LogP contribution is -2.40. The molecule has 0 saturated heterocycles. The zero-order valence-electron chi connectivity index (χ0n) is 8.89. The highest BCUT2D eigenvalue weighted by Gasteiger charge is 2.39. The van der Waals surface area contributed by atoms with E-state index in [9.17, 15) is 8.78 Å². The third-order valence-electron chi connectivity index (χ3n) is 2.83. The van der Waals surface area contributed by atoms with Crippen LogP contribution in [0.5, 0.6) is 5.75 Å². The average Bonchev–Trinajstić information content (AvgIpc) is 2.92. The fraction of sp³-hybridized carbons (Fsp3) is 0.400. The molecule has 0 unspecified atom stereocenters. The monoisotopic (exact) mass is 208 g/mol. The third kappa shape index (κ3) is 2.33. The molecule has 0 aliphatic heterocycles. The number of ether oxygens (including phenoxy) is 1. The van der Waals surface area contributed by atoms with Crippen molar-refractivity contribution in [1.82, 2.24) is 0 Å². The summed E-state index contributed by atoms with van der Waals surface area (Å²) in [6.07, 6.45) is 2.24. The second-order valence-corrected chi connectivity index (χ2v) is 4.55. The minimum atomic E-state index is -0.635. The van der Waals surface area contributed by atoms with Gasteiger partial charge in [0.1, 0.15) is 21.5 Å². The smallest absolute Gasteiger partial charge is 0.167 e. The number of rotatable bonds is 3. The number of hydrogen-bond donors (Lipinski definition) is 0. The van der Waals surface area contributed by atoms with Gasteiger partial charge >= 0.3 is 0 Å². The predicted octanol–water partition coefficient (Wildman–Crippen LogP) is 0.674. The van der Waals surface area contributed by atoms with Gasteiger partial charge in [-0.3, -0.25) is 0 Å². The van der Waals surface area contributed by atoms with Crippen LogP contribution in [0, 0.1) is 17.6 Å². The molecule has 1 nitrogen and oxygen atoms in total. The summed E-state index contributed by atoms with van der Waals surface area (Å²) in [7, 11) is 3.88. The first-order valence-corrected chi connectivity index (χ1v) is 5.13. The average molecular weight is 208 g/mol. The Morgan fingerprint density at radius 3 is 2.47 bits per heavy atom. The molecule has 0 amide bonds. The first-order chi connectivity index (χ1) is 6.99. The largest absolute Gasteiger partial charge is 0.502 e. The van der Waals surface area contributed by atoms with Crippen molar-refractivity contribution in [1.29, 1.82) is 0 Å². The highest BCUT2D eigenvalue weighted by Crippen LogP contribution is 2.39. The van der Waals surface area contributed by atoms with Crippen molar-refractivity contribution in [3.8, 4) is 5.75 Å². The van der Waals surface area contributed by atoms with Gasteiger partial charge in [-0.1, -0.05) is 0 Å². The van der Waals surface area contributed by atoms with Gasteiger partial charge in [0.25, 0.3) is 0 Å². The van der Waals surface area contributed by atoms with E-state index < -0.39 is 11.6 Å². The van der Waals surface area contributed by atoms with E-state index in [0.29, 0.717) is 5.92 Å². The van der Waals surface area contributed by atoms with Gasteiger partial charge in [0.15, 0.2) is 11.6 Å². The molecule has 78 valence electrons. The maximum absolute atomic E-state index is 13.3. The summed E-state index contributed by atoms with van der Waals surface area (Å²) in [6.45, 7) is 0. The summed E-state index contributed by atoms with van der Waals surface area (Å²) in [6, 6.07) is 3.40. The van der Waals surface area contributed by atoms with Crippen LogP contribution in [0.4, 0.5) is 8.78 Å². The predicted molar refractivity (Wildman–Crippen MR) is 59.5 cm³/mol. The Labute approximate surface area is 89.6 Å². The van der Waals surface area contributed by atoms with Gasteiger partial charge in [0.05, 0.1) is 0 Å². The van der Waals surface area contributed by atoms with E-state index in [2.05, 4.69) is 0 Å². The van der Waals surface area contributed by atoms with Crippen LogP contribution in [0.15, 0.2) is 18.2 Å². The molecule has 1 aliphatic carbocycles. The maximum atomic E-state index is 13.3. The molecule has 15 heavy (non-hydrogen) atoms. The molecule has 0 bridgehead atoms. The molecule has 0 spiro atoms. The Bertz CT molecular complexity index is 378. The van der Waals surface area contributed by atoms with Crippen molar-refractivity contribution in [3.05, 3.63) is 29.8 Å². The van der Waals surface area contributed by atoms with Crippen LogP contribution < -0.4 is 4.74 Å². The quantitative estimate of drug-likeness (QED) is 0.663. The van der Waals surface area contributed by atoms with Crippen molar-refractivity contribution in [2.24, 2.45) is 5.92 Å². The van der Waals surface area contributed by atoms with Gasteiger partial charge in [-0.2, -0.15) is 0 Å². The Morgan fingerprint density at radius 2 is 1.93 bits per heavy atom. The maximum Gasteiger partial charge on any atom is 0.167 e. The van der Waals surface area contributed by atoms with E-state index >= 15 is 0 Å². The van der Waals surface area contributed by atoms with Crippen molar-refractivity contribution >= 4 is 15.7 Å². The number of halogens is 2. The van der Waals surface area contributed by atoms with E-state index in [1.165, 1.54) is 12.1 Å². The minimum absolute atomic E-state index is 0.133. The Kier molecular flexibility index (Phi) is 2.49. The fourth-order valence-electron chi connectivity index (χ4n) is 1.70. The van der Waals surface area contributed by atoms with Crippen molar-refractivity contribution in [2.45, 2.75) is 18.2 Å². The van der Waals surface area contributed by atoms with Crippen LogP contribution in [0.25, 0.3) is 0 Å². The van der Waals surface area contributed by atoms with E-state index in [4.69, 9.17) is 4.74 Å². The number of benzene rings is 1. The van der Waals surface area contributed by atoms with E-state index in [1.807, 2.05) is 15.7 Å². The van der Waals surface area contributed by atoms with Gasteiger partial charge in [0, 0.05) is 11.5 Å². The zero-order valence-corrected chi connectivity index (χ0v) is 8.89.